The average Bonchev–Trinajstić information content (AvgIpc) is 3.06. The van der Waals surface area contributed by atoms with E-state index in [1.165, 1.54) is 6.08 Å². The van der Waals surface area contributed by atoms with Crippen LogP contribution in [0.1, 0.15) is 17.5 Å². The summed E-state index contributed by atoms with van der Waals surface area (Å²) in [7, 11) is 3.14. The zero-order valence-corrected chi connectivity index (χ0v) is 16.3. The highest BCUT2D eigenvalue weighted by Gasteiger charge is 2.31. The standard InChI is InChI=1S/C22H24N2O4/c1-15-4-8-18(9-5-15)24-14-17(13-22(24)26)23-21(25)11-7-16-6-10-19(27-2)20(12-16)28-3/h4-12,17H,13-14H2,1-3H3,(H,23,25)/b11-7-/t17-/m1/s1. The number of hydrogen-bond acceptors (Lipinski definition) is 4. The highest BCUT2D eigenvalue weighted by atomic mass is 16.5. The van der Waals surface area contributed by atoms with Crippen LogP contribution in [-0.4, -0.2) is 38.6 Å². The van der Waals surface area contributed by atoms with Crippen molar-refractivity contribution in [3.05, 3.63) is 59.7 Å². The fourth-order valence-electron chi connectivity index (χ4n) is 3.16. The lowest BCUT2D eigenvalue weighted by Crippen LogP contribution is -2.36. The molecule has 2 aromatic carbocycles. The van der Waals surface area contributed by atoms with E-state index in [0.717, 1.165) is 16.8 Å². The number of carbonyl (C=O) groups is 2. The quantitative estimate of drug-likeness (QED) is 0.783. The predicted octanol–water partition coefficient (Wildman–Crippen LogP) is 2.95. The maximum Gasteiger partial charge on any atom is 0.244 e. The Hall–Kier alpha value is -3.28. The van der Waals surface area contributed by atoms with Gasteiger partial charge in [0.05, 0.1) is 20.3 Å². The molecule has 1 heterocycles. The smallest absolute Gasteiger partial charge is 0.244 e. The number of benzene rings is 2. The minimum absolute atomic E-state index is 0.0121. The van der Waals surface area contributed by atoms with E-state index >= 15 is 0 Å². The first-order valence-electron chi connectivity index (χ1n) is 9.08. The molecule has 0 saturated carbocycles. The maximum absolute atomic E-state index is 12.3. The number of hydrogen-bond donors (Lipinski definition) is 1. The summed E-state index contributed by atoms with van der Waals surface area (Å²) >= 11 is 0. The van der Waals surface area contributed by atoms with Gasteiger partial charge in [-0.05, 0) is 42.8 Å². The number of ether oxygens (including phenoxy) is 2. The van der Waals surface area contributed by atoms with Crippen LogP contribution < -0.4 is 19.7 Å². The summed E-state index contributed by atoms with van der Waals surface area (Å²) in [5, 5.41) is 2.90. The third-order valence-corrected chi connectivity index (χ3v) is 4.65. The van der Waals surface area contributed by atoms with E-state index in [0.29, 0.717) is 24.5 Å². The van der Waals surface area contributed by atoms with Crippen LogP contribution >= 0.6 is 0 Å². The first-order chi connectivity index (χ1) is 13.5. The molecule has 0 bridgehead atoms. The highest BCUT2D eigenvalue weighted by molar-refractivity contribution is 5.98. The van der Waals surface area contributed by atoms with Crippen molar-refractivity contribution in [2.75, 3.05) is 25.7 Å². The number of nitrogens with zero attached hydrogens (tertiary/aromatic N) is 1. The van der Waals surface area contributed by atoms with E-state index in [1.807, 2.05) is 37.3 Å². The molecular formula is C22H24N2O4. The SMILES string of the molecule is COc1ccc(/C=C\C(=O)N[C@@H]2CC(=O)N(c3ccc(C)cc3)C2)cc1OC. The number of anilines is 1. The van der Waals surface area contributed by atoms with Gasteiger partial charge < -0.3 is 19.7 Å². The summed E-state index contributed by atoms with van der Waals surface area (Å²) in [6.07, 6.45) is 3.45. The summed E-state index contributed by atoms with van der Waals surface area (Å²) in [5.74, 6) is 1.00. The maximum atomic E-state index is 12.3. The number of aryl methyl sites for hydroxylation is 1. The van der Waals surface area contributed by atoms with Crippen LogP contribution in [0.2, 0.25) is 0 Å². The van der Waals surface area contributed by atoms with Crippen LogP contribution in [0.3, 0.4) is 0 Å². The Morgan fingerprint density at radius 1 is 1.11 bits per heavy atom. The van der Waals surface area contributed by atoms with Crippen molar-refractivity contribution in [1.82, 2.24) is 5.32 Å². The average molecular weight is 380 g/mol. The fourth-order valence-corrected chi connectivity index (χ4v) is 3.16. The van der Waals surface area contributed by atoms with Crippen molar-refractivity contribution in [1.29, 1.82) is 0 Å². The van der Waals surface area contributed by atoms with Crippen LogP contribution in [0.15, 0.2) is 48.5 Å². The Balaban J connectivity index is 1.60. The number of amides is 2. The van der Waals surface area contributed by atoms with Crippen LogP contribution in [0.5, 0.6) is 11.5 Å². The molecule has 1 aliphatic rings. The van der Waals surface area contributed by atoms with Crippen LogP contribution in [0.25, 0.3) is 6.08 Å². The highest BCUT2D eigenvalue weighted by Crippen LogP contribution is 2.28. The summed E-state index contributed by atoms with van der Waals surface area (Å²) in [4.78, 5) is 26.3. The van der Waals surface area contributed by atoms with E-state index < -0.39 is 0 Å². The van der Waals surface area contributed by atoms with Crippen LogP contribution in [0.4, 0.5) is 5.69 Å². The molecule has 2 aromatic rings. The summed E-state index contributed by atoms with van der Waals surface area (Å²) < 4.78 is 10.5. The summed E-state index contributed by atoms with van der Waals surface area (Å²) in [5.41, 5.74) is 2.81. The second-order valence-corrected chi connectivity index (χ2v) is 6.70. The van der Waals surface area contributed by atoms with E-state index in [4.69, 9.17) is 9.47 Å². The van der Waals surface area contributed by atoms with Gasteiger partial charge in [-0.3, -0.25) is 9.59 Å². The lowest BCUT2D eigenvalue weighted by Gasteiger charge is -2.17. The second-order valence-electron chi connectivity index (χ2n) is 6.70. The third-order valence-electron chi connectivity index (χ3n) is 4.65. The van der Waals surface area contributed by atoms with Crippen molar-refractivity contribution in [2.45, 2.75) is 19.4 Å². The zero-order chi connectivity index (χ0) is 20.1. The van der Waals surface area contributed by atoms with Gasteiger partial charge in [0.2, 0.25) is 11.8 Å². The first-order valence-corrected chi connectivity index (χ1v) is 9.08. The van der Waals surface area contributed by atoms with Gasteiger partial charge in [0.25, 0.3) is 0 Å². The molecule has 3 rings (SSSR count). The Morgan fingerprint density at radius 2 is 1.82 bits per heavy atom. The Bertz CT molecular complexity index is 890. The van der Waals surface area contributed by atoms with Gasteiger partial charge in [-0.25, -0.2) is 0 Å². The summed E-state index contributed by atoms with van der Waals surface area (Å²) in [6, 6.07) is 13.0. The zero-order valence-electron chi connectivity index (χ0n) is 16.3. The second kappa shape index (κ2) is 8.61. The molecular weight excluding hydrogens is 356 g/mol. The van der Waals surface area contributed by atoms with Gasteiger partial charge in [-0.15, -0.1) is 0 Å². The van der Waals surface area contributed by atoms with E-state index in [9.17, 15) is 9.59 Å². The molecule has 1 N–H and O–H groups in total. The molecule has 0 aromatic heterocycles. The molecule has 146 valence electrons. The topological polar surface area (TPSA) is 67.9 Å². The Kier molecular flexibility index (Phi) is 5.99. The van der Waals surface area contributed by atoms with Gasteiger partial charge >= 0.3 is 0 Å². The van der Waals surface area contributed by atoms with Gasteiger partial charge in [0.1, 0.15) is 0 Å². The molecule has 1 aliphatic heterocycles. The van der Waals surface area contributed by atoms with Gasteiger partial charge in [-0.1, -0.05) is 23.8 Å². The molecule has 2 amide bonds. The van der Waals surface area contributed by atoms with Gasteiger partial charge in [0, 0.05) is 24.7 Å². The number of rotatable bonds is 6. The molecule has 6 nitrogen and oxygen atoms in total. The lowest BCUT2D eigenvalue weighted by atomic mass is 10.2. The van der Waals surface area contributed by atoms with Crippen molar-refractivity contribution in [3.63, 3.8) is 0 Å². The third kappa shape index (κ3) is 4.52. The molecule has 0 unspecified atom stereocenters. The van der Waals surface area contributed by atoms with Crippen LogP contribution in [0, 0.1) is 6.92 Å². The Labute approximate surface area is 164 Å². The minimum atomic E-state index is -0.238. The minimum Gasteiger partial charge on any atom is -0.493 e. The summed E-state index contributed by atoms with van der Waals surface area (Å²) in [6.45, 7) is 2.47. The van der Waals surface area contributed by atoms with Gasteiger partial charge in [-0.2, -0.15) is 0 Å². The largest absolute Gasteiger partial charge is 0.493 e. The van der Waals surface area contributed by atoms with Crippen LogP contribution in [-0.2, 0) is 9.59 Å². The molecule has 0 radical (unpaired) electrons. The number of methoxy groups -OCH3 is 2. The molecule has 0 aliphatic carbocycles. The number of carbonyl (C=O) groups excluding carboxylic acids is 2. The molecule has 28 heavy (non-hydrogen) atoms. The van der Waals surface area contributed by atoms with Gasteiger partial charge in [0.15, 0.2) is 11.5 Å². The van der Waals surface area contributed by atoms with Crippen molar-refractivity contribution in [3.8, 4) is 11.5 Å². The normalized spacial score (nSPS) is 16.5. The van der Waals surface area contributed by atoms with E-state index in [1.54, 1.807) is 37.3 Å². The van der Waals surface area contributed by atoms with Crippen molar-refractivity contribution in [2.24, 2.45) is 0 Å². The molecule has 0 spiro atoms. The Morgan fingerprint density at radius 3 is 2.50 bits per heavy atom. The lowest BCUT2D eigenvalue weighted by molar-refractivity contribution is -0.117. The first kappa shape index (κ1) is 19.5. The predicted molar refractivity (Wildman–Crippen MR) is 109 cm³/mol. The monoisotopic (exact) mass is 380 g/mol. The molecule has 6 heteroatoms. The van der Waals surface area contributed by atoms with E-state index in [2.05, 4.69) is 5.32 Å². The van der Waals surface area contributed by atoms with Crippen molar-refractivity contribution < 1.29 is 19.1 Å². The van der Waals surface area contributed by atoms with Crippen molar-refractivity contribution >= 4 is 23.6 Å². The molecule has 1 fully saturated rings. The fraction of sp³-hybridized carbons (Fsp3) is 0.273. The van der Waals surface area contributed by atoms with E-state index in [-0.39, 0.29) is 17.9 Å². The molecule has 1 atom stereocenters. The number of nitrogens with one attached hydrogen (secondary N) is 1. The molecule has 1 saturated heterocycles.